The zero-order valence-corrected chi connectivity index (χ0v) is 13.0. The second-order valence-electron chi connectivity index (χ2n) is 4.86. The highest BCUT2D eigenvalue weighted by Crippen LogP contribution is 2.17. The molecule has 0 bridgehead atoms. The van der Waals surface area contributed by atoms with Crippen LogP contribution in [0.3, 0.4) is 0 Å². The van der Waals surface area contributed by atoms with E-state index in [1.54, 1.807) is 0 Å². The van der Waals surface area contributed by atoms with Crippen molar-refractivity contribution >= 4 is 11.8 Å². The lowest BCUT2D eigenvalue weighted by atomic mass is 10.2. The molecule has 2 rings (SSSR count). The van der Waals surface area contributed by atoms with E-state index in [9.17, 15) is 0 Å². The first kappa shape index (κ1) is 16.2. The summed E-state index contributed by atoms with van der Waals surface area (Å²) >= 11 is 1.89. The Morgan fingerprint density at radius 1 is 1.43 bits per heavy atom. The van der Waals surface area contributed by atoms with Gasteiger partial charge in [-0.3, -0.25) is 0 Å². The molecule has 1 heterocycles. The maximum Gasteiger partial charge on any atom is 0.120 e. The van der Waals surface area contributed by atoms with Crippen molar-refractivity contribution in [1.82, 2.24) is 0 Å². The first-order chi connectivity index (χ1) is 10.4. The van der Waals surface area contributed by atoms with E-state index in [4.69, 9.17) is 14.6 Å². The molecule has 1 aliphatic rings. The van der Waals surface area contributed by atoms with Crippen LogP contribution < -0.4 is 4.74 Å². The Morgan fingerprint density at radius 3 is 3.19 bits per heavy atom. The highest BCUT2D eigenvalue weighted by molar-refractivity contribution is 7.99. The monoisotopic (exact) mass is 306 g/mol. The van der Waals surface area contributed by atoms with Gasteiger partial charge in [0.05, 0.1) is 19.3 Å². The van der Waals surface area contributed by atoms with Crippen LogP contribution in [0.2, 0.25) is 0 Å². The maximum absolute atomic E-state index is 8.71. The largest absolute Gasteiger partial charge is 0.493 e. The summed E-state index contributed by atoms with van der Waals surface area (Å²) in [6.07, 6.45) is 3.35. The van der Waals surface area contributed by atoms with Gasteiger partial charge in [0.25, 0.3) is 0 Å². The van der Waals surface area contributed by atoms with Crippen LogP contribution in [0, 0.1) is 11.8 Å². The molecular formula is C17H22O3S. The van der Waals surface area contributed by atoms with E-state index >= 15 is 0 Å². The van der Waals surface area contributed by atoms with Gasteiger partial charge >= 0.3 is 0 Å². The van der Waals surface area contributed by atoms with Crippen LogP contribution in [0.5, 0.6) is 5.75 Å². The molecule has 1 N–H and O–H groups in total. The van der Waals surface area contributed by atoms with E-state index in [2.05, 4.69) is 11.8 Å². The van der Waals surface area contributed by atoms with Gasteiger partial charge in [0.1, 0.15) is 5.75 Å². The summed E-state index contributed by atoms with van der Waals surface area (Å²) in [5, 5.41) is 8.71. The van der Waals surface area contributed by atoms with Crippen LogP contribution in [0.15, 0.2) is 24.3 Å². The Morgan fingerprint density at radius 2 is 2.38 bits per heavy atom. The molecule has 0 aliphatic carbocycles. The lowest BCUT2D eigenvalue weighted by Crippen LogP contribution is -2.10. The number of ether oxygens (including phenoxy) is 2. The van der Waals surface area contributed by atoms with Crippen molar-refractivity contribution < 1.29 is 14.6 Å². The van der Waals surface area contributed by atoms with Crippen molar-refractivity contribution in [3.63, 3.8) is 0 Å². The van der Waals surface area contributed by atoms with E-state index < -0.39 is 0 Å². The van der Waals surface area contributed by atoms with Crippen LogP contribution in [0.4, 0.5) is 0 Å². The number of rotatable bonds is 7. The van der Waals surface area contributed by atoms with Crippen LogP contribution >= 0.6 is 11.8 Å². The molecule has 1 atom stereocenters. The van der Waals surface area contributed by atoms with Gasteiger partial charge < -0.3 is 14.6 Å². The van der Waals surface area contributed by atoms with Gasteiger partial charge in [-0.1, -0.05) is 17.9 Å². The minimum atomic E-state index is 0.102. The fraction of sp³-hybridized carbons (Fsp3) is 0.529. The van der Waals surface area contributed by atoms with Crippen molar-refractivity contribution in [2.75, 3.05) is 31.3 Å². The summed E-state index contributed by atoms with van der Waals surface area (Å²) in [5.74, 6) is 8.81. The molecule has 3 nitrogen and oxygen atoms in total. The maximum atomic E-state index is 8.71. The molecule has 4 heteroatoms. The van der Waals surface area contributed by atoms with Crippen molar-refractivity contribution in [2.24, 2.45) is 0 Å². The Hall–Kier alpha value is -1.15. The third-order valence-corrected chi connectivity index (χ3v) is 4.19. The SMILES string of the molecule is OCCC#Cc1cccc(OCCSCC2CCCO2)c1. The predicted octanol–water partition coefficient (Wildman–Crippen LogP) is 2.71. The van der Waals surface area contributed by atoms with Crippen molar-refractivity contribution in [2.45, 2.75) is 25.4 Å². The van der Waals surface area contributed by atoms with E-state index in [0.29, 0.717) is 19.1 Å². The van der Waals surface area contributed by atoms with Crippen LogP contribution in [-0.4, -0.2) is 42.5 Å². The summed E-state index contributed by atoms with van der Waals surface area (Å²) in [5.41, 5.74) is 0.924. The van der Waals surface area contributed by atoms with Crippen molar-refractivity contribution in [3.05, 3.63) is 29.8 Å². The second-order valence-corrected chi connectivity index (χ2v) is 6.01. The number of aliphatic hydroxyl groups excluding tert-OH is 1. The Balaban J connectivity index is 1.65. The highest BCUT2D eigenvalue weighted by Gasteiger charge is 2.14. The fourth-order valence-electron chi connectivity index (χ4n) is 2.09. The summed E-state index contributed by atoms with van der Waals surface area (Å²) in [6.45, 7) is 1.72. The molecule has 1 aromatic rings. The summed E-state index contributed by atoms with van der Waals surface area (Å²) < 4.78 is 11.3. The molecule has 1 aliphatic heterocycles. The van der Waals surface area contributed by atoms with Gasteiger partial charge in [-0.15, -0.1) is 0 Å². The molecule has 21 heavy (non-hydrogen) atoms. The molecule has 1 unspecified atom stereocenters. The topological polar surface area (TPSA) is 38.7 Å². The van der Waals surface area contributed by atoms with Crippen LogP contribution in [-0.2, 0) is 4.74 Å². The minimum Gasteiger partial charge on any atom is -0.493 e. The number of hydrogen-bond donors (Lipinski definition) is 1. The lowest BCUT2D eigenvalue weighted by Gasteiger charge is -2.09. The number of thioether (sulfide) groups is 1. The zero-order chi connectivity index (χ0) is 14.8. The summed E-state index contributed by atoms with van der Waals surface area (Å²) in [4.78, 5) is 0. The molecule has 0 amide bonds. The highest BCUT2D eigenvalue weighted by atomic mass is 32.2. The van der Waals surface area contributed by atoms with Crippen LogP contribution in [0.25, 0.3) is 0 Å². The first-order valence-electron chi connectivity index (χ1n) is 7.40. The van der Waals surface area contributed by atoms with Gasteiger partial charge in [-0.25, -0.2) is 0 Å². The lowest BCUT2D eigenvalue weighted by molar-refractivity contribution is 0.129. The quantitative estimate of drug-likeness (QED) is 0.621. The molecule has 114 valence electrons. The Bertz CT molecular complexity index is 472. The molecular weight excluding hydrogens is 284 g/mol. The molecule has 0 spiro atoms. The van der Waals surface area contributed by atoms with Gasteiger partial charge in [-0.05, 0) is 31.0 Å². The Labute approximate surface area is 131 Å². The molecule has 1 saturated heterocycles. The molecule has 0 aromatic heterocycles. The van der Waals surface area contributed by atoms with Gasteiger partial charge in [-0.2, -0.15) is 11.8 Å². The third kappa shape index (κ3) is 6.43. The molecule has 0 saturated carbocycles. The predicted molar refractivity (Wildman–Crippen MR) is 86.8 cm³/mol. The third-order valence-electron chi connectivity index (χ3n) is 3.13. The molecule has 1 aromatic carbocycles. The smallest absolute Gasteiger partial charge is 0.120 e. The van der Waals surface area contributed by atoms with Gasteiger partial charge in [0.15, 0.2) is 0 Å². The fourth-order valence-corrected chi connectivity index (χ4v) is 2.99. The number of hydrogen-bond acceptors (Lipinski definition) is 4. The average molecular weight is 306 g/mol. The van der Waals surface area contributed by atoms with Crippen LogP contribution in [0.1, 0.15) is 24.8 Å². The van der Waals surface area contributed by atoms with E-state index in [-0.39, 0.29) is 6.61 Å². The number of aliphatic hydroxyl groups is 1. The standard InChI is InChI=1S/C17H22O3S/c18-9-2-1-5-15-6-3-7-16(13-15)20-11-12-21-14-17-8-4-10-19-17/h3,6-7,13,17-18H,2,4,8-12,14H2. The normalized spacial score (nSPS) is 17.3. The second kappa shape index (κ2) is 9.73. The van der Waals surface area contributed by atoms with E-state index in [0.717, 1.165) is 29.4 Å². The molecule has 1 fully saturated rings. The van der Waals surface area contributed by atoms with Gasteiger partial charge in [0, 0.05) is 30.1 Å². The summed E-state index contributed by atoms with van der Waals surface area (Å²) in [6, 6.07) is 7.78. The molecule has 0 radical (unpaired) electrons. The Kier molecular flexibility index (Phi) is 7.51. The average Bonchev–Trinajstić information content (AvgIpc) is 3.01. The van der Waals surface area contributed by atoms with Crippen molar-refractivity contribution in [1.29, 1.82) is 0 Å². The van der Waals surface area contributed by atoms with Gasteiger partial charge in [0.2, 0.25) is 0 Å². The van der Waals surface area contributed by atoms with E-state index in [1.165, 1.54) is 12.8 Å². The number of benzene rings is 1. The van der Waals surface area contributed by atoms with Crippen molar-refractivity contribution in [3.8, 4) is 17.6 Å². The first-order valence-corrected chi connectivity index (χ1v) is 8.56. The minimum absolute atomic E-state index is 0.102. The zero-order valence-electron chi connectivity index (χ0n) is 12.2. The summed E-state index contributed by atoms with van der Waals surface area (Å²) in [7, 11) is 0. The van der Waals surface area contributed by atoms with E-state index in [1.807, 2.05) is 36.0 Å².